The number of carbonyl (C=O) groups is 2. The van der Waals surface area contributed by atoms with Crippen LogP contribution in [0.4, 0.5) is 0 Å². The van der Waals surface area contributed by atoms with Crippen LogP contribution >= 0.6 is 0 Å². The second kappa shape index (κ2) is 19.9. The van der Waals surface area contributed by atoms with E-state index in [1.807, 2.05) is 0 Å². The highest BCUT2D eigenvalue weighted by atomic mass is 16.8. The molecule has 4 aliphatic heterocycles. The first-order valence-electron chi connectivity index (χ1n) is 26.6. The lowest BCUT2D eigenvalue weighted by Gasteiger charge is -2.71. The van der Waals surface area contributed by atoms with E-state index in [9.17, 15) is 66.1 Å². The molecule has 0 amide bonds. The summed E-state index contributed by atoms with van der Waals surface area (Å²) in [4.78, 5) is 27.2. The Bertz CT molecular complexity index is 2110. The SMILES string of the molecule is CC1OC(OC2C(OC(=O)[C@]34CCC(C)(C)C[C@H]3C3=CC[C@@H]5[C@@]6(C)CC[C@H](OC7OC(C(=O)O)C(O)C(O)C7O)C(C)(C)[C@@H]6CC[C@@]5(C)[C@]3(C)C[C@H]4O)OCC(O)C2O)C(O)C(O)C1OC1OCC(O)C(O)C1O. The zero-order valence-electron chi connectivity index (χ0n) is 43.6. The fraction of sp³-hybridized carbons (Fsp3) is 0.923. The van der Waals surface area contributed by atoms with E-state index >= 15 is 4.79 Å². The van der Waals surface area contributed by atoms with Crippen LogP contribution in [0.5, 0.6) is 0 Å². The number of carboxylic acids is 1. The number of hydrogen-bond donors (Lipinski definition) is 12. The Labute approximate surface area is 430 Å². The van der Waals surface area contributed by atoms with Crippen molar-refractivity contribution < 1.29 is 109 Å². The van der Waals surface area contributed by atoms with Crippen LogP contribution in [0.25, 0.3) is 0 Å². The molecule has 0 aromatic carbocycles. The summed E-state index contributed by atoms with van der Waals surface area (Å²) >= 11 is 0. The quantitative estimate of drug-likeness (QED) is 0.0774. The molecule has 12 N–H and O–H groups in total. The number of hydrogen-bond acceptors (Lipinski definition) is 21. The lowest BCUT2D eigenvalue weighted by atomic mass is 9.33. The molecule has 22 nitrogen and oxygen atoms in total. The highest BCUT2D eigenvalue weighted by molar-refractivity contribution is 5.80. The second-order valence-corrected chi connectivity index (χ2v) is 25.5. The van der Waals surface area contributed by atoms with Crippen molar-refractivity contribution in [3.05, 3.63) is 11.6 Å². The first-order valence-corrected chi connectivity index (χ1v) is 26.6. The number of ether oxygens (including phenoxy) is 8. The lowest BCUT2D eigenvalue weighted by Crippen LogP contribution is -2.68. The van der Waals surface area contributed by atoms with Gasteiger partial charge in [-0.05, 0) is 110 Å². The molecular formula is C52H82O22. The summed E-state index contributed by atoms with van der Waals surface area (Å²) in [5.41, 5.74) is -2.35. The van der Waals surface area contributed by atoms with Gasteiger partial charge in [-0.25, -0.2) is 4.79 Å². The molecule has 0 bridgehead atoms. The Morgan fingerprint density at radius 3 is 1.89 bits per heavy atom. The maximum atomic E-state index is 15.3. The fourth-order valence-electron chi connectivity index (χ4n) is 16.0. The van der Waals surface area contributed by atoms with E-state index in [-0.39, 0.29) is 47.5 Å². The molecule has 22 heteroatoms. The Balaban J connectivity index is 0.944. The van der Waals surface area contributed by atoms with Gasteiger partial charge in [0.05, 0.1) is 31.5 Å². The first-order chi connectivity index (χ1) is 34.4. The maximum Gasteiger partial charge on any atom is 0.335 e. The third-order valence-electron chi connectivity index (χ3n) is 20.6. The Kier molecular flexibility index (Phi) is 15.3. The van der Waals surface area contributed by atoms with E-state index in [4.69, 9.17) is 37.9 Å². The summed E-state index contributed by atoms with van der Waals surface area (Å²) in [5, 5.41) is 130. The number of rotatable bonds is 9. The van der Waals surface area contributed by atoms with E-state index in [0.29, 0.717) is 32.1 Å². The highest BCUT2D eigenvalue weighted by Crippen LogP contribution is 2.76. The molecule has 9 rings (SSSR count). The van der Waals surface area contributed by atoms with Crippen LogP contribution < -0.4 is 0 Å². The molecule has 9 aliphatic rings. The van der Waals surface area contributed by atoms with Crippen LogP contribution in [-0.4, -0.2) is 209 Å². The largest absolute Gasteiger partial charge is 0.479 e. The fourth-order valence-corrected chi connectivity index (χ4v) is 16.0. The summed E-state index contributed by atoms with van der Waals surface area (Å²) in [7, 11) is 0. The third kappa shape index (κ3) is 8.94. The van der Waals surface area contributed by atoms with Crippen LogP contribution in [-0.2, 0) is 47.5 Å². The van der Waals surface area contributed by atoms with Crippen molar-refractivity contribution in [1.82, 2.24) is 0 Å². The van der Waals surface area contributed by atoms with Gasteiger partial charge >= 0.3 is 11.9 Å². The van der Waals surface area contributed by atoms with Crippen molar-refractivity contribution in [2.24, 2.45) is 50.2 Å². The molecule has 0 radical (unpaired) electrons. The lowest BCUT2D eigenvalue weighted by molar-refractivity contribution is -0.369. The topological polar surface area (TPSA) is 351 Å². The van der Waals surface area contributed by atoms with E-state index in [0.717, 1.165) is 18.4 Å². The van der Waals surface area contributed by atoms with Crippen molar-refractivity contribution in [1.29, 1.82) is 0 Å². The smallest absolute Gasteiger partial charge is 0.335 e. The molecule has 422 valence electrons. The average Bonchev–Trinajstić information content (AvgIpc) is 3.32. The Morgan fingerprint density at radius 1 is 0.608 bits per heavy atom. The standard InChI is InChI=1S/C52H82O22/c1-21-38(71-42-35(61)30(56)24(53)19-67-42)34(60)37(63)43(69-21)73-40-31(57)25(54)20-68-45(40)74-46(66)52-16-15-47(2,3)17-23(52)22-9-10-27-49(6)13-12-29(70-44-36(62)32(58)33(59)39(72-44)41(64)65)48(4,5)26(49)11-14-50(27,7)51(22,8)18-28(52)55/h9,21,23-40,42-45,53-63H,10-20H2,1-8H3,(H,64,65)/t21?,23-,24?,25?,26-,27+,28+,29-,30?,31?,32?,33?,34?,35?,36?,37?,38?,39?,40?,42?,43?,44?,45?,49-,50+,51+,52+/m0/s1. The summed E-state index contributed by atoms with van der Waals surface area (Å²) in [5.74, 6) is -2.53. The minimum atomic E-state index is -1.88. The van der Waals surface area contributed by atoms with Gasteiger partial charge in [0.2, 0.25) is 6.29 Å². The minimum Gasteiger partial charge on any atom is -0.479 e. The maximum absolute atomic E-state index is 15.3. The highest BCUT2D eigenvalue weighted by Gasteiger charge is 2.72. The molecule has 27 atom stereocenters. The Hall–Kier alpha value is -2.04. The van der Waals surface area contributed by atoms with Crippen LogP contribution in [0.3, 0.4) is 0 Å². The molecule has 18 unspecified atom stereocenters. The third-order valence-corrected chi connectivity index (χ3v) is 20.6. The molecule has 4 saturated carbocycles. The summed E-state index contributed by atoms with van der Waals surface area (Å²) in [6.45, 7) is 16.0. The summed E-state index contributed by atoms with van der Waals surface area (Å²) < 4.78 is 47.1. The van der Waals surface area contributed by atoms with E-state index in [1.54, 1.807) is 0 Å². The number of aliphatic hydroxyl groups excluding tert-OH is 11. The molecule has 74 heavy (non-hydrogen) atoms. The van der Waals surface area contributed by atoms with Gasteiger partial charge in [0.15, 0.2) is 31.1 Å². The van der Waals surface area contributed by atoms with Crippen LogP contribution in [0.15, 0.2) is 11.6 Å². The van der Waals surface area contributed by atoms with Gasteiger partial charge < -0.3 is 99.2 Å². The van der Waals surface area contributed by atoms with E-state index < -0.39 is 164 Å². The summed E-state index contributed by atoms with van der Waals surface area (Å²) in [6.07, 6.45) is -23.4. The molecular weight excluding hydrogens is 977 g/mol. The van der Waals surface area contributed by atoms with Crippen LogP contribution in [0.1, 0.15) is 113 Å². The number of fused-ring (bicyclic) bond motifs is 7. The number of carboxylic acid groups (broad SMARTS) is 1. The van der Waals surface area contributed by atoms with Gasteiger partial charge in [0.1, 0.15) is 72.6 Å². The van der Waals surface area contributed by atoms with Crippen molar-refractivity contribution in [2.45, 2.75) is 236 Å². The van der Waals surface area contributed by atoms with Crippen LogP contribution in [0, 0.1) is 50.2 Å². The van der Waals surface area contributed by atoms with Gasteiger partial charge in [0, 0.05) is 0 Å². The molecule has 0 aromatic rings. The molecule has 8 fully saturated rings. The predicted molar refractivity (Wildman–Crippen MR) is 251 cm³/mol. The zero-order valence-corrected chi connectivity index (χ0v) is 43.6. The van der Waals surface area contributed by atoms with Gasteiger partial charge in [-0.3, -0.25) is 4.79 Å². The average molecular weight is 1060 g/mol. The normalized spacial score (nSPS) is 54.0. The zero-order chi connectivity index (χ0) is 54.2. The first kappa shape index (κ1) is 56.7. The molecule has 5 aliphatic carbocycles. The van der Waals surface area contributed by atoms with Crippen molar-refractivity contribution in [3.8, 4) is 0 Å². The van der Waals surface area contributed by atoms with Crippen molar-refractivity contribution in [3.63, 3.8) is 0 Å². The monoisotopic (exact) mass is 1060 g/mol. The van der Waals surface area contributed by atoms with Crippen molar-refractivity contribution >= 4 is 11.9 Å². The molecule has 0 aromatic heterocycles. The van der Waals surface area contributed by atoms with Gasteiger partial charge in [-0.2, -0.15) is 0 Å². The Morgan fingerprint density at radius 2 is 1.22 bits per heavy atom. The predicted octanol–water partition coefficient (Wildman–Crippen LogP) is -0.666. The number of carbonyl (C=O) groups excluding carboxylic acids is 1. The number of allylic oxidation sites excluding steroid dienone is 2. The molecule has 4 saturated heterocycles. The molecule has 0 spiro atoms. The van der Waals surface area contributed by atoms with Crippen LogP contribution in [0.2, 0.25) is 0 Å². The van der Waals surface area contributed by atoms with Crippen molar-refractivity contribution in [2.75, 3.05) is 13.2 Å². The number of esters is 1. The summed E-state index contributed by atoms with van der Waals surface area (Å²) in [6, 6.07) is 0. The van der Waals surface area contributed by atoms with E-state index in [1.165, 1.54) is 6.92 Å². The second-order valence-electron chi connectivity index (χ2n) is 25.5. The van der Waals surface area contributed by atoms with Gasteiger partial charge in [-0.1, -0.05) is 60.1 Å². The molecule has 4 heterocycles. The number of aliphatic hydroxyl groups is 11. The minimum absolute atomic E-state index is 0.0880. The van der Waals surface area contributed by atoms with Gasteiger partial charge in [-0.15, -0.1) is 0 Å². The van der Waals surface area contributed by atoms with E-state index in [2.05, 4.69) is 54.5 Å². The van der Waals surface area contributed by atoms with Gasteiger partial charge in [0.25, 0.3) is 0 Å². The number of aliphatic carboxylic acids is 1.